The highest BCUT2D eigenvalue weighted by Crippen LogP contribution is 2.37. The van der Waals surface area contributed by atoms with Crippen molar-refractivity contribution in [2.45, 2.75) is 43.2 Å². The average Bonchev–Trinajstić information content (AvgIpc) is 3.32. The molecule has 0 aromatic heterocycles. The molecular formula is C21H23FN2O4S. The molecule has 154 valence electrons. The molecule has 2 aromatic rings. The molecule has 1 saturated heterocycles. The van der Waals surface area contributed by atoms with Gasteiger partial charge in [0.15, 0.2) is 0 Å². The Kier molecular flexibility index (Phi) is 5.31. The van der Waals surface area contributed by atoms with Crippen molar-refractivity contribution in [3.8, 4) is 0 Å². The number of nitrogens with zero attached hydrogens (tertiary/aromatic N) is 1. The van der Waals surface area contributed by atoms with Crippen LogP contribution in [0.25, 0.3) is 0 Å². The average molecular weight is 418 g/mol. The fraction of sp³-hybridized carbons (Fsp3) is 0.381. The van der Waals surface area contributed by atoms with E-state index in [4.69, 9.17) is 4.74 Å². The highest BCUT2D eigenvalue weighted by molar-refractivity contribution is 7.92. The lowest BCUT2D eigenvalue weighted by Gasteiger charge is -2.24. The third kappa shape index (κ3) is 3.86. The van der Waals surface area contributed by atoms with Crippen LogP contribution >= 0.6 is 0 Å². The predicted octanol–water partition coefficient (Wildman–Crippen LogP) is 2.87. The molecule has 0 saturated carbocycles. The highest BCUT2D eigenvalue weighted by atomic mass is 32.2. The second kappa shape index (κ2) is 7.76. The third-order valence-corrected chi connectivity index (χ3v) is 7.32. The molecule has 0 spiro atoms. The summed E-state index contributed by atoms with van der Waals surface area (Å²) in [5, 5.41) is 2.88. The molecule has 2 heterocycles. The molecule has 29 heavy (non-hydrogen) atoms. The zero-order chi connectivity index (χ0) is 20.6. The third-order valence-electron chi connectivity index (χ3n) is 5.38. The first-order chi connectivity index (χ1) is 13.9. The van der Waals surface area contributed by atoms with E-state index < -0.39 is 15.8 Å². The lowest BCUT2D eigenvalue weighted by atomic mass is 10.1. The van der Waals surface area contributed by atoms with Crippen molar-refractivity contribution in [1.82, 2.24) is 5.32 Å². The Morgan fingerprint density at radius 1 is 1.24 bits per heavy atom. The van der Waals surface area contributed by atoms with Crippen LogP contribution in [0.3, 0.4) is 0 Å². The van der Waals surface area contributed by atoms with Crippen molar-refractivity contribution in [3.63, 3.8) is 0 Å². The number of carbonyl (C=O) groups is 1. The van der Waals surface area contributed by atoms with Gasteiger partial charge in [-0.05, 0) is 74.2 Å². The Balaban J connectivity index is 1.56. The van der Waals surface area contributed by atoms with Crippen LogP contribution in [0.15, 0.2) is 47.4 Å². The first kappa shape index (κ1) is 19.8. The number of amides is 1. The van der Waals surface area contributed by atoms with Crippen molar-refractivity contribution in [1.29, 1.82) is 0 Å². The quantitative estimate of drug-likeness (QED) is 0.810. The summed E-state index contributed by atoms with van der Waals surface area (Å²) in [4.78, 5) is 12.5. The number of nitrogens with one attached hydrogen (secondary N) is 1. The van der Waals surface area contributed by atoms with Gasteiger partial charge in [-0.3, -0.25) is 9.10 Å². The number of anilines is 1. The molecule has 2 aromatic carbocycles. The van der Waals surface area contributed by atoms with E-state index in [1.165, 1.54) is 16.4 Å². The van der Waals surface area contributed by atoms with Gasteiger partial charge in [0.05, 0.1) is 16.7 Å². The van der Waals surface area contributed by atoms with Gasteiger partial charge in [0, 0.05) is 24.8 Å². The molecule has 6 nitrogen and oxygen atoms in total. The summed E-state index contributed by atoms with van der Waals surface area (Å²) < 4.78 is 46.3. The second-order valence-corrected chi connectivity index (χ2v) is 9.31. The standard InChI is InChI=1S/C21H23FN2O4S/c1-14-11-16-12-15(21(25)23-13-18-3-2-10-28-18)4-9-20(16)24(14)29(26,27)19-7-5-17(22)6-8-19/h4-9,12,14,18H,2-3,10-11,13H2,1H3,(H,23,25)/t14-,18-/m0/s1. The van der Waals surface area contributed by atoms with E-state index >= 15 is 0 Å². The lowest BCUT2D eigenvalue weighted by molar-refractivity contribution is 0.0857. The Morgan fingerprint density at radius 2 is 2.00 bits per heavy atom. The first-order valence-corrected chi connectivity index (χ1v) is 11.1. The zero-order valence-corrected chi connectivity index (χ0v) is 16.9. The molecule has 1 N–H and O–H groups in total. The van der Waals surface area contributed by atoms with Gasteiger partial charge in [-0.1, -0.05) is 0 Å². The highest BCUT2D eigenvalue weighted by Gasteiger charge is 2.36. The molecule has 8 heteroatoms. The van der Waals surface area contributed by atoms with Crippen LogP contribution in [0.1, 0.15) is 35.7 Å². The summed E-state index contributed by atoms with van der Waals surface area (Å²) in [6.45, 7) is 3.02. The molecule has 0 bridgehead atoms. The molecule has 1 amide bonds. The maximum absolute atomic E-state index is 13.2. The first-order valence-electron chi connectivity index (χ1n) is 9.69. The predicted molar refractivity (Wildman–Crippen MR) is 107 cm³/mol. The number of hydrogen-bond acceptors (Lipinski definition) is 4. The lowest BCUT2D eigenvalue weighted by Crippen LogP contribution is -2.35. The van der Waals surface area contributed by atoms with Crippen LogP contribution in [0.5, 0.6) is 0 Å². The maximum atomic E-state index is 13.2. The smallest absolute Gasteiger partial charge is 0.264 e. The Bertz CT molecular complexity index is 1020. The van der Waals surface area contributed by atoms with E-state index in [0.717, 1.165) is 37.1 Å². The summed E-state index contributed by atoms with van der Waals surface area (Å²) >= 11 is 0. The topological polar surface area (TPSA) is 75.7 Å². The Labute approximate surface area is 169 Å². The minimum Gasteiger partial charge on any atom is -0.376 e. The van der Waals surface area contributed by atoms with Crippen LogP contribution in [0.4, 0.5) is 10.1 Å². The number of hydrogen-bond donors (Lipinski definition) is 1. The summed E-state index contributed by atoms with van der Waals surface area (Å²) in [5.41, 5.74) is 1.85. The minimum absolute atomic E-state index is 0.0389. The summed E-state index contributed by atoms with van der Waals surface area (Å²) in [5.74, 6) is -0.687. The van der Waals surface area contributed by atoms with Crippen LogP contribution < -0.4 is 9.62 Å². The maximum Gasteiger partial charge on any atom is 0.264 e. The molecule has 0 radical (unpaired) electrons. The van der Waals surface area contributed by atoms with Gasteiger partial charge in [0.25, 0.3) is 15.9 Å². The Morgan fingerprint density at radius 3 is 2.69 bits per heavy atom. The van der Waals surface area contributed by atoms with Gasteiger partial charge in [-0.15, -0.1) is 0 Å². The van der Waals surface area contributed by atoms with E-state index in [1.54, 1.807) is 18.2 Å². The fourth-order valence-corrected chi connectivity index (χ4v) is 5.64. The monoisotopic (exact) mass is 418 g/mol. The van der Waals surface area contributed by atoms with Gasteiger partial charge < -0.3 is 10.1 Å². The number of benzene rings is 2. The normalized spacial score (nSPS) is 21.2. The van der Waals surface area contributed by atoms with E-state index in [9.17, 15) is 17.6 Å². The molecule has 0 unspecified atom stereocenters. The van der Waals surface area contributed by atoms with Gasteiger partial charge >= 0.3 is 0 Å². The summed E-state index contributed by atoms with van der Waals surface area (Å²) in [6.07, 6.45) is 2.51. The van der Waals surface area contributed by atoms with Crippen molar-refractivity contribution >= 4 is 21.6 Å². The Hall–Kier alpha value is -2.45. The molecule has 0 aliphatic carbocycles. The number of halogens is 1. The molecule has 2 atom stereocenters. The van der Waals surface area contributed by atoms with E-state index in [2.05, 4.69) is 5.32 Å². The number of carbonyl (C=O) groups excluding carboxylic acids is 1. The fourth-order valence-electron chi connectivity index (χ4n) is 3.94. The SMILES string of the molecule is C[C@H]1Cc2cc(C(=O)NC[C@@H]3CCCO3)ccc2N1S(=O)(=O)c1ccc(F)cc1. The van der Waals surface area contributed by atoms with Crippen molar-refractivity contribution in [3.05, 3.63) is 59.4 Å². The number of ether oxygens (including phenoxy) is 1. The van der Waals surface area contributed by atoms with Crippen LogP contribution in [0.2, 0.25) is 0 Å². The largest absolute Gasteiger partial charge is 0.376 e. The second-order valence-electron chi connectivity index (χ2n) is 7.50. The zero-order valence-electron chi connectivity index (χ0n) is 16.1. The minimum atomic E-state index is -3.82. The van der Waals surface area contributed by atoms with E-state index in [-0.39, 0.29) is 22.9 Å². The number of sulfonamides is 1. The van der Waals surface area contributed by atoms with Crippen LogP contribution in [-0.2, 0) is 21.2 Å². The molecular weight excluding hydrogens is 395 g/mol. The van der Waals surface area contributed by atoms with E-state index in [1.807, 2.05) is 6.92 Å². The molecule has 2 aliphatic heterocycles. The van der Waals surface area contributed by atoms with Gasteiger partial charge in [0.1, 0.15) is 5.82 Å². The van der Waals surface area contributed by atoms with Crippen molar-refractivity contribution in [2.75, 3.05) is 17.5 Å². The summed E-state index contributed by atoms with van der Waals surface area (Å²) in [7, 11) is -3.82. The van der Waals surface area contributed by atoms with Crippen molar-refractivity contribution in [2.24, 2.45) is 0 Å². The van der Waals surface area contributed by atoms with Gasteiger partial charge in [-0.2, -0.15) is 0 Å². The summed E-state index contributed by atoms with van der Waals surface area (Å²) in [6, 6.07) is 9.55. The van der Waals surface area contributed by atoms with Gasteiger partial charge in [0.2, 0.25) is 0 Å². The molecule has 2 aliphatic rings. The van der Waals surface area contributed by atoms with Crippen LogP contribution in [0, 0.1) is 5.82 Å². The molecule has 1 fully saturated rings. The van der Waals surface area contributed by atoms with Crippen LogP contribution in [-0.4, -0.2) is 39.6 Å². The number of fused-ring (bicyclic) bond motifs is 1. The van der Waals surface area contributed by atoms with Gasteiger partial charge in [-0.25, -0.2) is 12.8 Å². The number of rotatable bonds is 5. The molecule has 4 rings (SSSR count). The van der Waals surface area contributed by atoms with E-state index in [0.29, 0.717) is 24.2 Å². The van der Waals surface area contributed by atoms with Crippen molar-refractivity contribution < 1.29 is 22.3 Å².